The van der Waals surface area contributed by atoms with Crippen LogP contribution in [0.25, 0.3) is 0 Å². The minimum atomic E-state index is -0.491. The second-order valence-corrected chi connectivity index (χ2v) is 9.10. The molecule has 6 heteroatoms. The number of nitrogens with one attached hydrogen (secondary N) is 1. The fraction of sp³-hybridized carbons (Fsp3) is 0.636. The Labute approximate surface area is 168 Å². The molecule has 0 saturated carbocycles. The van der Waals surface area contributed by atoms with Crippen molar-refractivity contribution in [1.29, 1.82) is 0 Å². The smallest absolute Gasteiger partial charge is 0.410 e. The number of alkyl carbamates (subject to hydrolysis) is 1. The van der Waals surface area contributed by atoms with E-state index >= 15 is 0 Å². The number of ether oxygens (including phenoxy) is 2. The molecule has 0 radical (unpaired) electrons. The van der Waals surface area contributed by atoms with Crippen LogP contribution in [0.2, 0.25) is 0 Å². The van der Waals surface area contributed by atoms with Crippen LogP contribution in [0, 0.1) is 5.92 Å². The number of carbonyl (C=O) groups is 2. The molecule has 156 valence electrons. The van der Waals surface area contributed by atoms with Gasteiger partial charge in [0.2, 0.25) is 0 Å². The molecule has 0 bridgehead atoms. The molecule has 1 heterocycles. The van der Waals surface area contributed by atoms with Gasteiger partial charge in [-0.3, -0.25) is 0 Å². The Hall–Kier alpha value is -2.24. The second kappa shape index (κ2) is 9.30. The maximum atomic E-state index is 12.5. The van der Waals surface area contributed by atoms with Gasteiger partial charge >= 0.3 is 12.2 Å². The van der Waals surface area contributed by atoms with Gasteiger partial charge in [0.15, 0.2) is 0 Å². The lowest BCUT2D eigenvalue weighted by Gasteiger charge is -2.33. The van der Waals surface area contributed by atoms with E-state index in [9.17, 15) is 9.59 Å². The molecular weight excluding hydrogens is 356 g/mol. The summed E-state index contributed by atoms with van der Waals surface area (Å²) in [6, 6.07) is 9.61. The van der Waals surface area contributed by atoms with Crippen LogP contribution in [0.3, 0.4) is 0 Å². The van der Waals surface area contributed by atoms with Crippen molar-refractivity contribution in [3.05, 3.63) is 35.9 Å². The van der Waals surface area contributed by atoms with Gasteiger partial charge in [-0.05, 0) is 65.4 Å². The van der Waals surface area contributed by atoms with Gasteiger partial charge in [0.25, 0.3) is 0 Å². The Morgan fingerprint density at radius 2 is 1.89 bits per heavy atom. The van der Waals surface area contributed by atoms with Crippen LogP contribution in [-0.4, -0.2) is 41.3 Å². The largest absolute Gasteiger partial charge is 0.445 e. The van der Waals surface area contributed by atoms with Crippen LogP contribution in [0.15, 0.2) is 30.3 Å². The van der Waals surface area contributed by atoms with Crippen LogP contribution < -0.4 is 5.32 Å². The first-order valence-corrected chi connectivity index (χ1v) is 10.0. The third kappa shape index (κ3) is 7.06. The molecule has 0 aliphatic carbocycles. The fourth-order valence-electron chi connectivity index (χ4n) is 3.57. The van der Waals surface area contributed by atoms with Crippen LogP contribution in [0.5, 0.6) is 0 Å². The Bertz CT molecular complexity index is 652. The van der Waals surface area contributed by atoms with Gasteiger partial charge in [0, 0.05) is 18.6 Å². The summed E-state index contributed by atoms with van der Waals surface area (Å²) in [6.07, 6.45) is 2.09. The SMILES string of the molecule is CC(C)(C)OC(=O)N1CC(CCCNC(=O)OCc2ccccc2)CC1(C)C. The third-order valence-corrected chi connectivity index (χ3v) is 4.84. The molecule has 1 atom stereocenters. The molecule has 1 N–H and O–H groups in total. The van der Waals surface area contributed by atoms with Crippen molar-refractivity contribution in [2.24, 2.45) is 5.92 Å². The fourth-order valence-corrected chi connectivity index (χ4v) is 3.57. The number of amides is 2. The van der Waals surface area contributed by atoms with Crippen LogP contribution in [-0.2, 0) is 16.1 Å². The van der Waals surface area contributed by atoms with Gasteiger partial charge in [-0.15, -0.1) is 0 Å². The number of nitrogens with zero attached hydrogens (tertiary/aromatic N) is 1. The van der Waals surface area contributed by atoms with Crippen molar-refractivity contribution in [3.8, 4) is 0 Å². The van der Waals surface area contributed by atoms with Crippen molar-refractivity contribution >= 4 is 12.2 Å². The summed E-state index contributed by atoms with van der Waals surface area (Å²) in [4.78, 5) is 26.1. The highest BCUT2D eigenvalue weighted by Gasteiger charge is 2.42. The highest BCUT2D eigenvalue weighted by atomic mass is 16.6. The summed E-state index contributed by atoms with van der Waals surface area (Å²) < 4.78 is 10.7. The maximum absolute atomic E-state index is 12.5. The van der Waals surface area contributed by atoms with E-state index in [-0.39, 0.29) is 18.2 Å². The molecule has 2 rings (SSSR count). The Morgan fingerprint density at radius 1 is 1.21 bits per heavy atom. The van der Waals surface area contributed by atoms with Gasteiger partial charge in [-0.2, -0.15) is 0 Å². The molecule has 1 aromatic rings. The standard InChI is InChI=1S/C22H34N2O4/c1-21(2,3)28-20(26)24-15-18(14-22(24,4)5)12-9-13-23-19(25)27-16-17-10-7-6-8-11-17/h6-8,10-11,18H,9,12-16H2,1-5H3,(H,23,25). The monoisotopic (exact) mass is 390 g/mol. The van der Waals surface area contributed by atoms with E-state index in [2.05, 4.69) is 19.2 Å². The number of carbonyl (C=O) groups excluding carboxylic acids is 2. The van der Waals surface area contributed by atoms with E-state index < -0.39 is 11.7 Å². The Kier molecular flexibility index (Phi) is 7.33. The number of hydrogen-bond acceptors (Lipinski definition) is 4. The van der Waals surface area contributed by atoms with Crippen LogP contribution in [0.4, 0.5) is 9.59 Å². The molecule has 1 aliphatic rings. The van der Waals surface area contributed by atoms with Crippen molar-refractivity contribution in [2.75, 3.05) is 13.1 Å². The minimum Gasteiger partial charge on any atom is -0.445 e. The number of rotatable bonds is 6. The highest BCUT2D eigenvalue weighted by molar-refractivity contribution is 5.69. The third-order valence-electron chi connectivity index (χ3n) is 4.84. The van der Waals surface area contributed by atoms with E-state index in [1.807, 2.05) is 56.0 Å². The number of hydrogen-bond donors (Lipinski definition) is 1. The Morgan fingerprint density at radius 3 is 2.54 bits per heavy atom. The average Bonchev–Trinajstić information content (AvgIpc) is 2.91. The zero-order valence-corrected chi connectivity index (χ0v) is 17.8. The van der Waals surface area contributed by atoms with E-state index in [0.717, 1.165) is 24.8 Å². The van der Waals surface area contributed by atoms with E-state index in [0.29, 0.717) is 19.0 Å². The van der Waals surface area contributed by atoms with Gasteiger partial charge in [0.05, 0.1) is 0 Å². The number of benzene rings is 1. The molecule has 1 aliphatic heterocycles. The predicted octanol–water partition coefficient (Wildman–Crippen LogP) is 4.73. The van der Waals surface area contributed by atoms with Crippen molar-refractivity contribution in [1.82, 2.24) is 10.2 Å². The molecular formula is C22H34N2O4. The molecule has 1 unspecified atom stereocenters. The first kappa shape index (κ1) is 22.1. The summed E-state index contributed by atoms with van der Waals surface area (Å²) >= 11 is 0. The molecule has 1 aromatic carbocycles. The maximum Gasteiger partial charge on any atom is 0.410 e. The second-order valence-electron chi connectivity index (χ2n) is 9.10. The highest BCUT2D eigenvalue weighted by Crippen LogP contribution is 2.35. The topological polar surface area (TPSA) is 67.9 Å². The summed E-state index contributed by atoms with van der Waals surface area (Å²) in [6.45, 7) is 11.3. The summed E-state index contributed by atoms with van der Waals surface area (Å²) in [7, 11) is 0. The molecule has 6 nitrogen and oxygen atoms in total. The summed E-state index contributed by atoms with van der Waals surface area (Å²) in [5, 5.41) is 2.80. The van der Waals surface area contributed by atoms with Gasteiger partial charge in [0.1, 0.15) is 12.2 Å². The molecule has 1 fully saturated rings. The molecule has 0 spiro atoms. The van der Waals surface area contributed by atoms with Crippen molar-refractivity contribution in [3.63, 3.8) is 0 Å². The predicted molar refractivity (Wildman–Crippen MR) is 109 cm³/mol. The molecule has 1 saturated heterocycles. The van der Waals surface area contributed by atoms with Crippen molar-refractivity contribution in [2.45, 2.75) is 71.6 Å². The van der Waals surface area contributed by atoms with Gasteiger partial charge in [-0.25, -0.2) is 9.59 Å². The number of likely N-dealkylation sites (tertiary alicyclic amines) is 1. The normalized spacial score (nSPS) is 18.6. The average molecular weight is 391 g/mol. The van der Waals surface area contributed by atoms with E-state index in [1.54, 1.807) is 0 Å². The van der Waals surface area contributed by atoms with E-state index in [1.165, 1.54) is 0 Å². The minimum absolute atomic E-state index is 0.213. The lowest BCUT2D eigenvalue weighted by molar-refractivity contribution is 0.0131. The van der Waals surface area contributed by atoms with Gasteiger partial charge < -0.3 is 19.7 Å². The first-order chi connectivity index (χ1) is 13.1. The van der Waals surface area contributed by atoms with E-state index in [4.69, 9.17) is 9.47 Å². The Balaban J connectivity index is 1.67. The summed E-state index contributed by atoms with van der Waals surface area (Å²) in [5.41, 5.74) is 0.262. The molecule has 0 aromatic heterocycles. The molecule has 28 heavy (non-hydrogen) atoms. The lowest BCUT2D eigenvalue weighted by Crippen LogP contribution is -2.45. The quantitative estimate of drug-likeness (QED) is 0.713. The molecule has 2 amide bonds. The van der Waals surface area contributed by atoms with Crippen molar-refractivity contribution < 1.29 is 19.1 Å². The first-order valence-electron chi connectivity index (χ1n) is 10.0. The lowest BCUT2D eigenvalue weighted by atomic mass is 9.93. The van der Waals surface area contributed by atoms with Crippen LogP contribution >= 0.6 is 0 Å². The summed E-state index contributed by atoms with van der Waals surface area (Å²) in [5.74, 6) is 0.407. The zero-order chi connectivity index (χ0) is 20.8. The zero-order valence-electron chi connectivity index (χ0n) is 17.8. The van der Waals surface area contributed by atoms with Crippen LogP contribution in [0.1, 0.15) is 59.4 Å². The van der Waals surface area contributed by atoms with Gasteiger partial charge in [-0.1, -0.05) is 30.3 Å².